The van der Waals surface area contributed by atoms with Crippen molar-refractivity contribution in [2.45, 2.75) is 57.3 Å². The van der Waals surface area contributed by atoms with E-state index in [2.05, 4.69) is 10.6 Å². The summed E-state index contributed by atoms with van der Waals surface area (Å²) in [6, 6.07) is 5.44. The summed E-state index contributed by atoms with van der Waals surface area (Å²) in [5.41, 5.74) is 1.69. The minimum absolute atomic E-state index is 0.0626. The molecule has 3 amide bonds. The van der Waals surface area contributed by atoms with E-state index in [9.17, 15) is 24.3 Å². The average Bonchev–Trinajstić information content (AvgIpc) is 2.75. The molecule has 0 aromatic heterocycles. The highest BCUT2D eigenvalue weighted by molar-refractivity contribution is 6.40. The lowest BCUT2D eigenvalue weighted by atomic mass is 9.83. The Morgan fingerprint density at radius 1 is 1.00 bits per heavy atom. The minimum Gasteiger partial charge on any atom is -0.481 e. The number of aliphatic carboxylic acids is 2. The van der Waals surface area contributed by atoms with Gasteiger partial charge in [-0.05, 0) is 49.7 Å². The van der Waals surface area contributed by atoms with Crippen molar-refractivity contribution in [2.24, 2.45) is 0 Å². The molecule has 1 rings (SSSR count). The average molecular weight is 465 g/mol. The van der Waals surface area contributed by atoms with E-state index < -0.39 is 31.1 Å². The van der Waals surface area contributed by atoms with Gasteiger partial charge in [0.05, 0.1) is 0 Å². The van der Waals surface area contributed by atoms with E-state index in [0.717, 1.165) is 5.56 Å². The highest BCUT2D eigenvalue weighted by atomic mass is 16.4. The van der Waals surface area contributed by atoms with Crippen molar-refractivity contribution in [3.63, 3.8) is 0 Å². The predicted octanol–water partition coefficient (Wildman–Crippen LogP) is 0.842. The van der Waals surface area contributed by atoms with Crippen molar-refractivity contribution in [2.75, 3.05) is 18.5 Å². The predicted molar refractivity (Wildman–Crippen MR) is 122 cm³/mol. The number of carbonyl (C=O) groups is 4. The number of carbonyl (C=O) groups excluding carboxylic acids is 2. The number of benzene rings is 1. The molecule has 0 aliphatic heterocycles. The van der Waals surface area contributed by atoms with Gasteiger partial charge in [-0.25, -0.2) is 9.59 Å². The lowest BCUT2D eigenvalue weighted by molar-refractivity contribution is -0.139. The summed E-state index contributed by atoms with van der Waals surface area (Å²) in [6.07, 6.45) is 2.14. The van der Waals surface area contributed by atoms with Crippen LogP contribution in [0.5, 0.6) is 0 Å². The number of aryl methyl sites for hydroxylation is 1. The van der Waals surface area contributed by atoms with Crippen LogP contribution in [0, 0.1) is 0 Å². The molecule has 0 bridgehead atoms. The summed E-state index contributed by atoms with van der Waals surface area (Å²) in [6.45, 7) is 0.107. The van der Waals surface area contributed by atoms with Gasteiger partial charge in [-0.3, -0.25) is 9.59 Å². The van der Waals surface area contributed by atoms with Gasteiger partial charge >= 0.3 is 25.1 Å². The van der Waals surface area contributed by atoms with E-state index in [1.807, 2.05) is 12.1 Å². The Bertz CT molecular complexity index is 788. The van der Waals surface area contributed by atoms with E-state index in [-0.39, 0.29) is 44.6 Å². The fourth-order valence-electron chi connectivity index (χ4n) is 3.05. The Morgan fingerprint density at radius 3 is 2.24 bits per heavy atom. The van der Waals surface area contributed by atoms with E-state index >= 15 is 0 Å². The molecule has 0 spiro atoms. The van der Waals surface area contributed by atoms with Gasteiger partial charge in [0.25, 0.3) is 0 Å². The number of hydrogen-bond donors (Lipinski definition) is 6. The molecule has 11 nitrogen and oxygen atoms in total. The van der Waals surface area contributed by atoms with Gasteiger partial charge in [0.1, 0.15) is 6.04 Å². The summed E-state index contributed by atoms with van der Waals surface area (Å²) in [5, 5.41) is 40.3. The first-order valence-corrected chi connectivity index (χ1v) is 10.8. The molecule has 1 aromatic carbocycles. The number of amides is 3. The van der Waals surface area contributed by atoms with Gasteiger partial charge in [0.2, 0.25) is 5.91 Å². The third kappa shape index (κ3) is 11.9. The van der Waals surface area contributed by atoms with Gasteiger partial charge in [0, 0.05) is 32.1 Å². The first kappa shape index (κ1) is 27.9. The molecule has 0 unspecified atom stereocenters. The second-order valence-corrected chi connectivity index (χ2v) is 7.67. The quantitative estimate of drug-likeness (QED) is 0.163. The molecular weight excluding hydrogens is 433 g/mol. The van der Waals surface area contributed by atoms with Crippen LogP contribution in [-0.2, 0) is 20.8 Å². The standard InChI is InChI=1S/C21H32BN3O8/c1-25(16-11-9-15(10-12-16)5-3-13-22(32)33)18(26)7-2-6-17(20(29)30)24-21(31)23-14-4-8-19(27)28/h9-12,17,32-33H,2-8,13-14H2,1H3,(H,27,28)(H,29,30)(H2,23,24,31)/t17-/m0/s1. The maximum absolute atomic E-state index is 12.5. The van der Waals surface area contributed by atoms with E-state index in [0.29, 0.717) is 24.8 Å². The SMILES string of the molecule is CN(C(=O)CCC[C@H](NC(=O)NCCCC(=O)O)C(=O)O)c1ccc(CCCB(O)O)cc1. The van der Waals surface area contributed by atoms with Crippen molar-refractivity contribution < 1.29 is 39.4 Å². The first-order chi connectivity index (χ1) is 15.6. The largest absolute Gasteiger partial charge is 0.481 e. The van der Waals surface area contributed by atoms with E-state index in [4.69, 9.17) is 15.2 Å². The molecule has 0 fully saturated rings. The van der Waals surface area contributed by atoms with Gasteiger partial charge in [-0.2, -0.15) is 0 Å². The van der Waals surface area contributed by atoms with E-state index in [1.54, 1.807) is 19.2 Å². The molecule has 0 heterocycles. The van der Waals surface area contributed by atoms with Crippen molar-refractivity contribution in [1.29, 1.82) is 0 Å². The van der Waals surface area contributed by atoms with Gasteiger partial charge in [0.15, 0.2) is 0 Å². The number of nitrogens with one attached hydrogen (secondary N) is 2. The van der Waals surface area contributed by atoms with E-state index in [1.165, 1.54) is 4.90 Å². The highest BCUT2D eigenvalue weighted by Crippen LogP contribution is 2.17. The fourth-order valence-corrected chi connectivity index (χ4v) is 3.05. The molecule has 0 aliphatic rings. The van der Waals surface area contributed by atoms with Crippen molar-refractivity contribution in [3.8, 4) is 0 Å². The molecule has 33 heavy (non-hydrogen) atoms. The number of hydrogen-bond acceptors (Lipinski definition) is 6. The monoisotopic (exact) mass is 465 g/mol. The number of rotatable bonds is 15. The summed E-state index contributed by atoms with van der Waals surface area (Å²) in [4.78, 5) is 47.5. The summed E-state index contributed by atoms with van der Waals surface area (Å²) >= 11 is 0. The number of urea groups is 1. The summed E-state index contributed by atoms with van der Waals surface area (Å²) < 4.78 is 0. The Kier molecular flexibility index (Phi) is 12.6. The van der Waals surface area contributed by atoms with Crippen LogP contribution < -0.4 is 15.5 Å². The van der Waals surface area contributed by atoms with Crippen LogP contribution in [0.3, 0.4) is 0 Å². The van der Waals surface area contributed by atoms with Crippen LogP contribution in [0.1, 0.15) is 44.1 Å². The molecule has 0 radical (unpaired) electrons. The number of carboxylic acids is 2. The van der Waals surface area contributed by atoms with Gasteiger partial charge < -0.3 is 35.8 Å². The molecular formula is C21H32BN3O8. The molecule has 12 heteroatoms. The first-order valence-electron chi connectivity index (χ1n) is 10.8. The van der Waals surface area contributed by atoms with Crippen LogP contribution in [-0.4, -0.2) is 70.9 Å². The molecule has 182 valence electrons. The molecule has 6 N–H and O–H groups in total. The number of carboxylic acid groups (broad SMARTS) is 2. The van der Waals surface area contributed by atoms with Crippen LogP contribution in [0.15, 0.2) is 24.3 Å². The second kappa shape index (κ2) is 14.9. The fraction of sp³-hybridized carbons (Fsp3) is 0.524. The maximum Gasteiger partial charge on any atom is 0.451 e. The lowest BCUT2D eigenvalue weighted by Crippen LogP contribution is -2.46. The van der Waals surface area contributed by atoms with Crippen LogP contribution in [0.4, 0.5) is 10.5 Å². The zero-order valence-corrected chi connectivity index (χ0v) is 18.7. The van der Waals surface area contributed by atoms with Gasteiger partial charge in [-0.1, -0.05) is 18.6 Å². The van der Waals surface area contributed by atoms with Crippen LogP contribution in [0.2, 0.25) is 6.32 Å². The van der Waals surface area contributed by atoms with Crippen LogP contribution in [0.25, 0.3) is 0 Å². The number of nitrogens with zero attached hydrogens (tertiary/aromatic N) is 1. The number of anilines is 1. The highest BCUT2D eigenvalue weighted by Gasteiger charge is 2.20. The Morgan fingerprint density at radius 2 is 1.67 bits per heavy atom. The maximum atomic E-state index is 12.5. The van der Waals surface area contributed by atoms with Crippen LogP contribution >= 0.6 is 0 Å². The Balaban J connectivity index is 2.43. The third-order valence-electron chi connectivity index (χ3n) is 4.97. The lowest BCUT2D eigenvalue weighted by Gasteiger charge is -2.19. The Hall–Kier alpha value is -3.12. The van der Waals surface area contributed by atoms with Crippen molar-refractivity contribution in [1.82, 2.24) is 10.6 Å². The van der Waals surface area contributed by atoms with Gasteiger partial charge in [-0.15, -0.1) is 0 Å². The van der Waals surface area contributed by atoms with Crippen molar-refractivity contribution in [3.05, 3.63) is 29.8 Å². The Labute approximate surface area is 192 Å². The molecule has 1 atom stereocenters. The minimum atomic E-state index is -1.32. The molecule has 0 saturated carbocycles. The smallest absolute Gasteiger partial charge is 0.451 e. The zero-order valence-electron chi connectivity index (χ0n) is 18.7. The zero-order chi connectivity index (χ0) is 24.8. The third-order valence-corrected chi connectivity index (χ3v) is 4.97. The molecule has 0 aliphatic carbocycles. The normalized spacial score (nSPS) is 11.4. The second-order valence-electron chi connectivity index (χ2n) is 7.67. The molecule has 0 saturated heterocycles. The summed E-state index contributed by atoms with van der Waals surface area (Å²) in [7, 11) is 0.305. The summed E-state index contributed by atoms with van der Waals surface area (Å²) in [5.74, 6) is -2.40. The topological polar surface area (TPSA) is 176 Å². The molecule has 1 aromatic rings. The van der Waals surface area contributed by atoms with Crippen molar-refractivity contribution >= 4 is 36.7 Å².